The molecule has 1 aromatic heterocycles. The number of methoxy groups -OCH3 is 1. The molecule has 0 aliphatic heterocycles. The maximum absolute atomic E-state index is 9.47. The smallest absolute Gasteiger partial charge is 0.123 e. The van der Waals surface area contributed by atoms with Gasteiger partial charge in [0.2, 0.25) is 0 Å². The van der Waals surface area contributed by atoms with Crippen molar-refractivity contribution in [1.82, 2.24) is 0 Å². The van der Waals surface area contributed by atoms with E-state index in [1.165, 1.54) is 4.88 Å². The summed E-state index contributed by atoms with van der Waals surface area (Å²) in [7, 11) is 1.63. The van der Waals surface area contributed by atoms with Crippen LogP contribution in [0.1, 0.15) is 15.7 Å². The van der Waals surface area contributed by atoms with Gasteiger partial charge in [-0.2, -0.15) is 0 Å². The lowest BCUT2D eigenvalue weighted by molar-refractivity contribution is 0.206. The summed E-state index contributed by atoms with van der Waals surface area (Å²) in [5.41, 5.74) is 0. The molecule has 0 fully saturated rings. The lowest BCUT2D eigenvalue weighted by atomic mass is 10.1. The number of thiophene rings is 1. The predicted molar refractivity (Wildman–Crippen MR) is 77.4 cm³/mol. The Morgan fingerprint density at radius 2 is 2.00 bits per heavy atom. The van der Waals surface area contributed by atoms with Gasteiger partial charge in [-0.15, -0.1) is 11.3 Å². The summed E-state index contributed by atoms with van der Waals surface area (Å²) < 4.78 is 10.9. The summed E-state index contributed by atoms with van der Waals surface area (Å²) in [4.78, 5) is 2.40. The van der Waals surface area contributed by atoms with Crippen LogP contribution in [0, 0.1) is 6.92 Å². The number of benzene rings is 1. The molecule has 0 spiro atoms. The van der Waals surface area contributed by atoms with E-state index in [9.17, 15) is 5.11 Å². The fourth-order valence-electron chi connectivity index (χ4n) is 1.79. The van der Waals surface area contributed by atoms with Crippen LogP contribution in [0.5, 0.6) is 11.5 Å². The zero-order chi connectivity index (χ0) is 13.7. The third-order valence-corrected chi connectivity index (χ3v) is 4.04. The minimum absolute atomic E-state index is 0.0184. The van der Waals surface area contributed by atoms with Gasteiger partial charge >= 0.3 is 0 Å². The molecule has 1 heterocycles. The van der Waals surface area contributed by atoms with E-state index in [-0.39, 0.29) is 12.5 Å². The Balaban J connectivity index is 1.99. The number of aryl methyl sites for hydroxylation is 1. The zero-order valence-corrected chi connectivity index (χ0v) is 11.9. The number of aliphatic hydroxyl groups is 1. The van der Waals surface area contributed by atoms with Crippen molar-refractivity contribution in [2.24, 2.45) is 0 Å². The van der Waals surface area contributed by atoms with Gasteiger partial charge in [0.05, 0.1) is 26.2 Å². The van der Waals surface area contributed by atoms with Gasteiger partial charge in [-0.3, -0.25) is 0 Å². The molecule has 2 aromatic rings. The number of ether oxygens (including phenoxy) is 2. The Hall–Kier alpha value is -1.52. The van der Waals surface area contributed by atoms with E-state index in [0.717, 1.165) is 16.4 Å². The Kier molecular flexibility index (Phi) is 4.82. The Bertz CT molecular complexity index is 522. The van der Waals surface area contributed by atoms with E-state index in [2.05, 4.69) is 19.1 Å². The Morgan fingerprint density at radius 3 is 2.63 bits per heavy atom. The van der Waals surface area contributed by atoms with Crippen LogP contribution in [-0.4, -0.2) is 25.4 Å². The number of hydrogen-bond donors (Lipinski definition) is 1. The Labute approximate surface area is 117 Å². The highest BCUT2D eigenvalue weighted by atomic mass is 32.1. The summed E-state index contributed by atoms with van der Waals surface area (Å²) >= 11 is 1.70. The molecule has 1 unspecified atom stereocenters. The highest BCUT2D eigenvalue weighted by molar-refractivity contribution is 7.12. The van der Waals surface area contributed by atoms with Crippen LogP contribution in [0.25, 0.3) is 0 Å². The second-order valence-electron chi connectivity index (χ2n) is 4.32. The molecule has 0 bridgehead atoms. The third kappa shape index (κ3) is 3.72. The fourth-order valence-corrected chi connectivity index (χ4v) is 2.74. The minimum atomic E-state index is 0.0184. The van der Waals surface area contributed by atoms with Crippen LogP contribution >= 0.6 is 11.3 Å². The quantitative estimate of drug-likeness (QED) is 0.881. The normalized spacial score (nSPS) is 12.2. The van der Waals surface area contributed by atoms with Crippen LogP contribution < -0.4 is 9.47 Å². The van der Waals surface area contributed by atoms with Crippen molar-refractivity contribution in [2.45, 2.75) is 12.8 Å². The molecule has 0 aliphatic carbocycles. The lowest BCUT2D eigenvalue weighted by Gasteiger charge is -2.14. The second-order valence-corrected chi connectivity index (χ2v) is 5.64. The molecule has 0 saturated heterocycles. The molecule has 0 aliphatic rings. The molecule has 3 nitrogen and oxygen atoms in total. The van der Waals surface area contributed by atoms with Crippen molar-refractivity contribution in [1.29, 1.82) is 0 Å². The first-order valence-electron chi connectivity index (χ1n) is 6.17. The maximum Gasteiger partial charge on any atom is 0.123 e. The first-order valence-corrected chi connectivity index (χ1v) is 6.98. The van der Waals surface area contributed by atoms with Gasteiger partial charge in [0, 0.05) is 15.8 Å². The molecule has 0 amide bonds. The summed E-state index contributed by atoms with van der Waals surface area (Å²) in [6, 6.07) is 11.6. The van der Waals surface area contributed by atoms with Gasteiger partial charge in [0.1, 0.15) is 11.5 Å². The molecule has 0 radical (unpaired) electrons. The molecule has 0 saturated carbocycles. The van der Waals surface area contributed by atoms with Gasteiger partial charge in [-0.1, -0.05) is 6.07 Å². The van der Waals surface area contributed by atoms with Gasteiger partial charge in [-0.25, -0.2) is 0 Å². The predicted octanol–water partition coefficient (Wildman–Crippen LogP) is 3.22. The highest BCUT2D eigenvalue weighted by Gasteiger charge is 2.13. The van der Waals surface area contributed by atoms with Crippen molar-refractivity contribution in [3.63, 3.8) is 0 Å². The highest BCUT2D eigenvalue weighted by Crippen LogP contribution is 2.26. The second kappa shape index (κ2) is 6.59. The lowest BCUT2D eigenvalue weighted by Crippen LogP contribution is -2.13. The Morgan fingerprint density at radius 1 is 1.21 bits per heavy atom. The van der Waals surface area contributed by atoms with Gasteiger partial charge in [-0.05, 0) is 31.2 Å². The van der Waals surface area contributed by atoms with Crippen molar-refractivity contribution < 1.29 is 14.6 Å². The molecular weight excluding hydrogens is 260 g/mol. The van der Waals surface area contributed by atoms with Crippen LogP contribution in [0.3, 0.4) is 0 Å². The fraction of sp³-hybridized carbons (Fsp3) is 0.333. The van der Waals surface area contributed by atoms with E-state index in [1.54, 1.807) is 18.4 Å². The third-order valence-electron chi connectivity index (χ3n) is 2.88. The molecule has 1 N–H and O–H groups in total. The molecule has 102 valence electrons. The van der Waals surface area contributed by atoms with Crippen molar-refractivity contribution in [2.75, 3.05) is 20.3 Å². The largest absolute Gasteiger partial charge is 0.497 e. The van der Waals surface area contributed by atoms with Crippen molar-refractivity contribution in [3.05, 3.63) is 46.2 Å². The van der Waals surface area contributed by atoms with Crippen LogP contribution in [0.2, 0.25) is 0 Å². The first kappa shape index (κ1) is 13.9. The van der Waals surface area contributed by atoms with E-state index >= 15 is 0 Å². The topological polar surface area (TPSA) is 38.7 Å². The van der Waals surface area contributed by atoms with E-state index in [1.807, 2.05) is 24.3 Å². The summed E-state index contributed by atoms with van der Waals surface area (Å²) in [6.45, 7) is 2.61. The monoisotopic (exact) mass is 278 g/mol. The van der Waals surface area contributed by atoms with Crippen LogP contribution in [0.4, 0.5) is 0 Å². The molecule has 1 aromatic carbocycles. The van der Waals surface area contributed by atoms with E-state index in [0.29, 0.717) is 6.61 Å². The molecular formula is C15H18O3S. The minimum Gasteiger partial charge on any atom is -0.497 e. The van der Waals surface area contributed by atoms with Gasteiger partial charge in [0.25, 0.3) is 0 Å². The van der Waals surface area contributed by atoms with Crippen LogP contribution in [0.15, 0.2) is 36.4 Å². The summed E-state index contributed by atoms with van der Waals surface area (Å²) in [5, 5.41) is 9.47. The molecule has 19 heavy (non-hydrogen) atoms. The maximum atomic E-state index is 9.47. The summed E-state index contributed by atoms with van der Waals surface area (Å²) in [5.74, 6) is 1.54. The average Bonchev–Trinajstić information content (AvgIpc) is 2.86. The standard InChI is InChI=1S/C15H18O3S/c1-11-6-7-15(19-11)12(9-16)10-18-14-5-3-4-13(8-14)17-2/h3-8,12,16H,9-10H2,1-2H3. The molecule has 1 atom stereocenters. The summed E-state index contributed by atoms with van der Waals surface area (Å²) in [6.07, 6.45) is 0. The van der Waals surface area contributed by atoms with Crippen molar-refractivity contribution >= 4 is 11.3 Å². The number of rotatable bonds is 6. The first-order chi connectivity index (χ1) is 9.22. The molecule has 2 rings (SSSR count). The van der Waals surface area contributed by atoms with Gasteiger partial charge in [0.15, 0.2) is 0 Å². The molecule has 4 heteroatoms. The van der Waals surface area contributed by atoms with Gasteiger partial charge < -0.3 is 14.6 Å². The van der Waals surface area contributed by atoms with E-state index < -0.39 is 0 Å². The average molecular weight is 278 g/mol. The van der Waals surface area contributed by atoms with E-state index in [4.69, 9.17) is 9.47 Å². The SMILES string of the molecule is COc1cccc(OCC(CO)c2ccc(C)s2)c1. The van der Waals surface area contributed by atoms with Crippen LogP contribution in [-0.2, 0) is 0 Å². The zero-order valence-electron chi connectivity index (χ0n) is 11.1. The number of hydrogen-bond acceptors (Lipinski definition) is 4. The number of aliphatic hydroxyl groups excluding tert-OH is 1. The van der Waals surface area contributed by atoms with Crippen molar-refractivity contribution in [3.8, 4) is 11.5 Å².